The summed E-state index contributed by atoms with van der Waals surface area (Å²) in [7, 11) is -3.62. The summed E-state index contributed by atoms with van der Waals surface area (Å²) in [5, 5.41) is 1.92. The summed E-state index contributed by atoms with van der Waals surface area (Å²) < 4.78 is 27.4. The van der Waals surface area contributed by atoms with Gasteiger partial charge in [-0.2, -0.15) is 0 Å². The first-order valence-electron chi connectivity index (χ1n) is 5.82. The topological polar surface area (TPSA) is 72.2 Å². The average Bonchev–Trinajstić information content (AvgIpc) is 2.80. The number of benzene rings is 1. The minimum absolute atomic E-state index is 0.165. The van der Waals surface area contributed by atoms with Gasteiger partial charge in [0.2, 0.25) is 10.0 Å². The summed E-state index contributed by atoms with van der Waals surface area (Å²) in [5.41, 5.74) is 6.70. The Morgan fingerprint density at radius 2 is 2.00 bits per heavy atom. The molecule has 1 aromatic heterocycles. The normalized spacial score (nSPS) is 13.4. The molecule has 0 fully saturated rings. The zero-order valence-corrected chi connectivity index (χ0v) is 12.4. The number of nitrogens with one attached hydrogen (secondary N) is 1. The van der Waals surface area contributed by atoms with Crippen molar-refractivity contribution in [3.05, 3.63) is 46.2 Å². The van der Waals surface area contributed by atoms with Gasteiger partial charge in [0.1, 0.15) is 4.90 Å². The van der Waals surface area contributed by atoms with Gasteiger partial charge in [0, 0.05) is 4.88 Å². The smallest absolute Gasteiger partial charge is 0.243 e. The van der Waals surface area contributed by atoms with Crippen molar-refractivity contribution in [1.29, 1.82) is 0 Å². The molecule has 6 heteroatoms. The summed E-state index contributed by atoms with van der Waals surface area (Å²) in [4.78, 5) is 1.13. The van der Waals surface area contributed by atoms with Crippen molar-refractivity contribution in [1.82, 2.24) is 4.72 Å². The van der Waals surface area contributed by atoms with Gasteiger partial charge in [0.15, 0.2) is 0 Å². The van der Waals surface area contributed by atoms with E-state index < -0.39 is 10.0 Å². The van der Waals surface area contributed by atoms with Crippen LogP contribution in [0.2, 0.25) is 0 Å². The first-order valence-corrected chi connectivity index (χ1v) is 8.19. The first-order chi connectivity index (χ1) is 8.92. The molecule has 3 N–H and O–H groups in total. The highest BCUT2D eigenvalue weighted by Crippen LogP contribution is 2.25. The molecule has 102 valence electrons. The fourth-order valence-electron chi connectivity index (χ4n) is 1.93. The number of anilines is 1. The predicted molar refractivity (Wildman–Crippen MR) is 78.6 cm³/mol. The second-order valence-corrected chi connectivity index (χ2v) is 6.98. The Morgan fingerprint density at radius 3 is 2.58 bits per heavy atom. The van der Waals surface area contributed by atoms with Crippen LogP contribution in [-0.4, -0.2) is 8.42 Å². The van der Waals surface area contributed by atoms with E-state index >= 15 is 0 Å². The third-order valence-electron chi connectivity index (χ3n) is 2.81. The quantitative estimate of drug-likeness (QED) is 0.852. The Hall–Kier alpha value is -1.37. The highest BCUT2D eigenvalue weighted by Gasteiger charge is 2.22. The molecular formula is C13H16N2O2S2. The number of sulfonamides is 1. The molecule has 4 nitrogen and oxygen atoms in total. The number of hydrogen-bond donors (Lipinski definition) is 2. The standard InChI is InChI=1S/C13H16N2O2S2/c1-9-5-3-6-11(14)13(9)19(16,17)15-10(2)12-7-4-8-18-12/h3-8,10,15H,14H2,1-2H3. The van der Waals surface area contributed by atoms with Crippen LogP contribution in [0.5, 0.6) is 0 Å². The van der Waals surface area contributed by atoms with Crippen molar-refractivity contribution in [2.45, 2.75) is 24.8 Å². The Kier molecular flexibility index (Phi) is 3.93. The molecule has 0 bridgehead atoms. The lowest BCUT2D eigenvalue weighted by Crippen LogP contribution is -2.27. The fraction of sp³-hybridized carbons (Fsp3) is 0.231. The largest absolute Gasteiger partial charge is 0.398 e. The highest BCUT2D eigenvalue weighted by molar-refractivity contribution is 7.89. The predicted octanol–water partition coefficient (Wildman–Crippen LogP) is 2.68. The van der Waals surface area contributed by atoms with Gasteiger partial charge in [-0.3, -0.25) is 0 Å². The Labute approximate surface area is 117 Å². The molecule has 0 spiro atoms. The number of aryl methyl sites for hydroxylation is 1. The van der Waals surface area contributed by atoms with Gasteiger partial charge in [-0.15, -0.1) is 11.3 Å². The zero-order valence-electron chi connectivity index (χ0n) is 10.8. The molecule has 1 unspecified atom stereocenters. The maximum atomic E-state index is 12.4. The minimum Gasteiger partial charge on any atom is -0.398 e. The second kappa shape index (κ2) is 5.32. The molecule has 0 radical (unpaired) electrons. The number of hydrogen-bond acceptors (Lipinski definition) is 4. The molecule has 2 aromatic rings. The summed E-state index contributed by atoms with van der Waals surface area (Å²) >= 11 is 1.52. The van der Waals surface area contributed by atoms with Crippen LogP contribution in [0.1, 0.15) is 23.4 Å². The van der Waals surface area contributed by atoms with Crippen LogP contribution in [0, 0.1) is 6.92 Å². The van der Waals surface area contributed by atoms with Crippen LogP contribution >= 0.6 is 11.3 Å². The number of thiophene rings is 1. The van der Waals surface area contributed by atoms with E-state index in [1.165, 1.54) is 11.3 Å². The van der Waals surface area contributed by atoms with Crippen LogP contribution in [0.15, 0.2) is 40.6 Å². The van der Waals surface area contributed by atoms with Crippen molar-refractivity contribution in [2.75, 3.05) is 5.73 Å². The van der Waals surface area contributed by atoms with Crippen LogP contribution in [0.25, 0.3) is 0 Å². The lowest BCUT2D eigenvalue weighted by Gasteiger charge is -2.15. The molecule has 0 aliphatic carbocycles. The maximum absolute atomic E-state index is 12.4. The van der Waals surface area contributed by atoms with Crippen molar-refractivity contribution in [3.8, 4) is 0 Å². The highest BCUT2D eigenvalue weighted by atomic mass is 32.2. The van der Waals surface area contributed by atoms with Crippen molar-refractivity contribution in [3.63, 3.8) is 0 Å². The van der Waals surface area contributed by atoms with Crippen LogP contribution in [-0.2, 0) is 10.0 Å². The summed E-state index contributed by atoms with van der Waals surface area (Å²) in [6.45, 7) is 3.55. The Bertz CT molecular complexity index is 644. The molecule has 1 aromatic carbocycles. The van der Waals surface area contributed by atoms with Gasteiger partial charge in [0.05, 0.1) is 11.7 Å². The van der Waals surface area contributed by atoms with Crippen molar-refractivity contribution < 1.29 is 8.42 Å². The molecule has 0 amide bonds. The molecule has 1 atom stereocenters. The van der Waals surface area contributed by atoms with E-state index in [1.807, 2.05) is 24.4 Å². The summed E-state index contributed by atoms with van der Waals surface area (Å²) in [6, 6.07) is 8.60. The number of rotatable bonds is 4. The number of nitrogen functional groups attached to an aromatic ring is 1. The van der Waals surface area contributed by atoms with E-state index in [2.05, 4.69) is 4.72 Å². The lowest BCUT2D eigenvalue weighted by atomic mass is 10.2. The fourth-order valence-corrected chi connectivity index (χ4v) is 4.32. The van der Waals surface area contributed by atoms with E-state index in [-0.39, 0.29) is 16.6 Å². The van der Waals surface area contributed by atoms with Gasteiger partial charge in [-0.1, -0.05) is 18.2 Å². The molecule has 0 aliphatic heterocycles. The van der Waals surface area contributed by atoms with E-state index in [1.54, 1.807) is 25.1 Å². The van der Waals surface area contributed by atoms with E-state index in [4.69, 9.17) is 5.73 Å². The van der Waals surface area contributed by atoms with Gasteiger partial charge < -0.3 is 5.73 Å². The zero-order chi connectivity index (χ0) is 14.0. The average molecular weight is 296 g/mol. The SMILES string of the molecule is Cc1cccc(N)c1S(=O)(=O)NC(C)c1cccs1. The molecule has 19 heavy (non-hydrogen) atoms. The molecule has 0 saturated carbocycles. The van der Waals surface area contributed by atoms with E-state index in [9.17, 15) is 8.42 Å². The molecular weight excluding hydrogens is 280 g/mol. The minimum atomic E-state index is -3.62. The van der Waals surface area contributed by atoms with Crippen LogP contribution in [0.3, 0.4) is 0 Å². The first kappa shape index (κ1) is 14.0. The molecule has 0 aliphatic rings. The van der Waals surface area contributed by atoms with Gasteiger partial charge >= 0.3 is 0 Å². The van der Waals surface area contributed by atoms with Gasteiger partial charge in [-0.05, 0) is 36.9 Å². The lowest BCUT2D eigenvalue weighted by molar-refractivity contribution is 0.568. The number of nitrogens with two attached hydrogens (primary N) is 1. The van der Waals surface area contributed by atoms with E-state index in [0.717, 1.165) is 4.88 Å². The van der Waals surface area contributed by atoms with Crippen LogP contribution < -0.4 is 10.5 Å². The van der Waals surface area contributed by atoms with Gasteiger partial charge in [0.25, 0.3) is 0 Å². The molecule has 2 rings (SSSR count). The monoisotopic (exact) mass is 296 g/mol. The van der Waals surface area contributed by atoms with Crippen molar-refractivity contribution >= 4 is 27.0 Å². The van der Waals surface area contributed by atoms with Crippen molar-refractivity contribution in [2.24, 2.45) is 0 Å². The van der Waals surface area contributed by atoms with E-state index in [0.29, 0.717) is 5.56 Å². The third-order valence-corrected chi connectivity index (χ3v) is 5.63. The molecule has 1 heterocycles. The van der Waals surface area contributed by atoms with Gasteiger partial charge in [-0.25, -0.2) is 13.1 Å². The maximum Gasteiger partial charge on any atom is 0.243 e. The Balaban J connectivity index is 2.33. The summed E-state index contributed by atoms with van der Waals surface area (Å²) in [6.07, 6.45) is 0. The third kappa shape index (κ3) is 2.97. The second-order valence-electron chi connectivity index (χ2n) is 4.35. The Morgan fingerprint density at radius 1 is 1.26 bits per heavy atom. The molecule has 0 saturated heterocycles. The summed E-state index contributed by atoms with van der Waals surface area (Å²) in [5.74, 6) is 0. The van der Waals surface area contributed by atoms with Crippen LogP contribution in [0.4, 0.5) is 5.69 Å².